The van der Waals surface area contributed by atoms with Crippen molar-refractivity contribution in [2.45, 2.75) is 51.7 Å². The number of aliphatic hydroxyl groups excluding tert-OH is 1. The highest BCUT2D eigenvalue weighted by atomic mass is 32.1. The molecule has 2 N–H and O–H groups in total. The van der Waals surface area contributed by atoms with Crippen molar-refractivity contribution < 1.29 is 23.8 Å². The SMILES string of the molecule is CC(C)(C)OC(=O)[C@H]1C[C@@H](CNC(=O)c2cnc(Cc3ccc(F)cc3)s2)[C@@H](O)C1. The molecule has 3 rings (SSSR count). The number of thiazole rings is 1. The summed E-state index contributed by atoms with van der Waals surface area (Å²) in [5, 5.41) is 13.9. The lowest BCUT2D eigenvalue weighted by atomic mass is 10.0. The zero-order valence-electron chi connectivity index (χ0n) is 17.4. The fraction of sp³-hybridized carbons (Fsp3) is 0.500. The number of aromatic nitrogens is 1. The number of nitrogens with one attached hydrogen (secondary N) is 1. The van der Waals surface area contributed by atoms with Crippen LogP contribution in [0.15, 0.2) is 30.5 Å². The molecule has 0 spiro atoms. The molecule has 1 aliphatic carbocycles. The van der Waals surface area contributed by atoms with Crippen molar-refractivity contribution in [2.75, 3.05) is 6.54 Å². The third-order valence-electron chi connectivity index (χ3n) is 4.97. The normalized spacial score (nSPS) is 21.4. The van der Waals surface area contributed by atoms with Gasteiger partial charge in [-0.15, -0.1) is 11.3 Å². The molecule has 162 valence electrons. The highest BCUT2D eigenvalue weighted by Crippen LogP contribution is 2.33. The van der Waals surface area contributed by atoms with Gasteiger partial charge in [-0.1, -0.05) is 12.1 Å². The second-order valence-corrected chi connectivity index (χ2v) is 9.78. The van der Waals surface area contributed by atoms with Gasteiger partial charge in [0.25, 0.3) is 5.91 Å². The van der Waals surface area contributed by atoms with Crippen LogP contribution in [0.1, 0.15) is 53.9 Å². The van der Waals surface area contributed by atoms with E-state index in [1.54, 1.807) is 12.1 Å². The van der Waals surface area contributed by atoms with Crippen molar-refractivity contribution in [2.24, 2.45) is 11.8 Å². The van der Waals surface area contributed by atoms with Gasteiger partial charge < -0.3 is 15.2 Å². The minimum Gasteiger partial charge on any atom is -0.460 e. The summed E-state index contributed by atoms with van der Waals surface area (Å²) in [5.74, 6) is -1.40. The van der Waals surface area contributed by atoms with Gasteiger partial charge in [0.2, 0.25) is 0 Å². The molecule has 1 saturated carbocycles. The first-order chi connectivity index (χ1) is 14.1. The predicted molar refractivity (Wildman–Crippen MR) is 112 cm³/mol. The molecule has 0 radical (unpaired) electrons. The van der Waals surface area contributed by atoms with Crippen LogP contribution in [0.3, 0.4) is 0 Å². The second kappa shape index (κ2) is 9.22. The molecule has 3 atom stereocenters. The molecule has 1 aliphatic rings. The molecule has 1 heterocycles. The van der Waals surface area contributed by atoms with Crippen LogP contribution in [0, 0.1) is 17.7 Å². The number of hydrogen-bond donors (Lipinski definition) is 2. The Hall–Kier alpha value is -2.32. The van der Waals surface area contributed by atoms with Gasteiger partial charge >= 0.3 is 5.97 Å². The summed E-state index contributed by atoms with van der Waals surface area (Å²) in [6.45, 7) is 5.72. The molecule has 0 saturated heterocycles. The van der Waals surface area contributed by atoms with Crippen molar-refractivity contribution in [1.29, 1.82) is 0 Å². The van der Waals surface area contributed by atoms with E-state index in [-0.39, 0.29) is 36.1 Å². The maximum Gasteiger partial charge on any atom is 0.309 e. The molecule has 30 heavy (non-hydrogen) atoms. The number of rotatable bonds is 6. The van der Waals surface area contributed by atoms with Crippen molar-refractivity contribution in [3.63, 3.8) is 0 Å². The molecule has 2 aromatic rings. The minimum absolute atomic E-state index is 0.196. The third kappa shape index (κ3) is 6.09. The van der Waals surface area contributed by atoms with Crippen molar-refractivity contribution in [1.82, 2.24) is 10.3 Å². The molecule has 1 aromatic heterocycles. The fourth-order valence-electron chi connectivity index (χ4n) is 3.48. The van der Waals surface area contributed by atoms with E-state index < -0.39 is 11.7 Å². The lowest BCUT2D eigenvalue weighted by Crippen LogP contribution is -2.32. The maximum absolute atomic E-state index is 13.0. The van der Waals surface area contributed by atoms with E-state index in [2.05, 4.69) is 10.3 Å². The van der Waals surface area contributed by atoms with Gasteiger partial charge in [-0.05, 0) is 51.3 Å². The predicted octanol–water partition coefficient (Wildman–Crippen LogP) is 3.33. The van der Waals surface area contributed by atoms with Crippen LogP contribution >= 0.6 is 11.3 Å². The molecule has 0 bridgehead atoms. The van der Waals surface area contributed by atoms with E-state index in [1.165, 1.54) is 29.7 Å². The van der Waals surface area contributed by atoms with Crippen LogP contribution in [0.25, 0.3) is 0 Å². The van der Waals surface area contributed by atoms with Crippen molar-refractivity contribution in [3.8, 4) is 0 Å². The standard InChI is InChI=1S/C22H27FN2O4S/c1-22(2,3)29-21(28)14-9-15(17(26)10-14)11-25-20(27)18-12-24-19(30-18)8-13-4-6-16(23)7-5-13/h4-7,12,14-15,17,26H,8-11H2,1-3H3,(H,25,27)/t14-,15-,17-/m0/s1. The summed E-state index contributed by atoms with van der Waals surface area (Å²) in [5.41, 5.74) is 0.353. The number of carbonyl (C=O) groups is 2. The zero-order chi connectivity index (χ0) is 21.9. The summed E-state index contributed by atoms with van der Waals surface area (Å²) in [4.78, 5) is 29.4. The van der Waals surface area contributed by atoms with Crippen LogP contribution in [0.5, 0.6) is 0 Å². The Labute approximate surface area is 179 Å². The third-order valence-corrected chi connectivity index (χ3v) is 5.96. The Morgan fingerprint density at radius 3 is 2.63 bits per heavy atom. The van der Waals surface area contributed by atoms with E-state index in [4.69, 9.17) is 4.74 Å². The van der Waals surface area contributed by atoms with Crippen LogP contribution in [-0.4, -0.2) is 40.2 Å². The quantitative estimate of drug-likeness (QED) is 0.681. The Morgan fingerprint density at radius 1 is 1.27 bits per heavy atom. The molecule has 1 aromatic carbocycles. The van der Waals surface area contributed by atoms with Crippen LogP contribution < -0.4 is 5.32 Å². The number of aliphatic hydroxyl groups is 1. The highest BCUT2D eigenvalue weighted by Gasteiger charge is 2.39. The van der Waals surface area contributed by atoms with Gasteiger partial charge in [0.1, 0.15) is 16.3 Å². The second-order valence-electron chi connectivity index (χ2n) is 8.66. The zero-order valence-corrected chi connectivity index (χ0v) is 18.2. The number of nitrogens with zero attached hydrogens (tertiary/aromatic N) is 1. The Balaban J connectivity index is 1.50. The van der Waals surface area contributed by atoms with E-state index in [0.717, 1.165) is 10.6 Å². The summed E-state index contributed by atoms with van der Waals surface area (Å²) in [6, 6.07) is 6.18. The molecule has 1 amide bonds. The van der Waals surface area contributed by atoms with E-state index in [1.807, 2.05) is 20.8 Å². The maximum atomic E-state index is 13.0. The fourth-order valence-corrected chi connectivity index (χ4v) is 4.35. The average Bonchev–Trinajstić information content (AvgIpc) is 3.27. The summed E-state index contributed by atoms with van der Waals surface area (Å²) >= 11 is 1.28. The monoisotopic (exact) mass is 434 g/mol. The van der Waals surface area contributed by atoms with Crippen molar-refractivity contribution >= 4 is 23.2 Å². The number of esters is 1. The molecular weight excluding hydrogens is 407 g/mol. The Morgan fingerprint density at radius 2 is 1.97 bits per heavy atom. The largest absolute Gasteiger partial charge is 0.460 e. The highest BCUT2D eigenvalue weighted by molar-refractivity contribution is 7.13. The number of benzene rings is 1. The van der Waals surface area contributed by atoms with Gasteiger partial charge in [0.05, 0.1) is 23.2 Å². The van der Waals surface area contributed by atoms with E-state index in [0.29, 0.717) is 24.1 Å². The topological polar surface area (TPSA) is 88.5 Å². The first-order valence-corrected chi connectivity index (χ1v) is 10.8. The average molecular weight is 435 g/mol. The van der Waals surface area contributed by atoms with Gasteiger partial charge in [-0.25, -0.2) is 9.37 Å². The van der Waals surface area contributed by atoms with E-state index >= 15 is 0 Å². The van der Waals surface area contributed by atoms with Gasteiger partial charge in [0.15, 0.2) is 0 Å². The molecule has 0 aliphatic heterocycles. The van der Waals surface area contributed by atoms with Crippen LogP contribution in [-0.2, 0) is 16.0 Å². The summed E-state index contributed by atoms with van der Waals surface area (Å²) in [6.07, 6.45) is 2.22. The Kier molecular flexibility index (Phi) is 6.88. The number of hydrogen-bond acceptors (Lipinski definition) is 6. The number of amides is 1. The van der Waals surface area contributed by atoms with Crippen LogP contribution in [0.2, 0.25) is 0 Å². The van der Waals surface area contributed by atoms with Gasteiger partial charge in [-0.2, -0.15) is 0 Å². The first-order valence-electron chi connectivity index (χ1n) is 9.99. The van der Waals surface area contributed by atoms with Gasteiger partial charge in [-0.3, -0.25) is 9.59 Å². The molecule has 6 nitrogen and oxygen atoms in total. The molecular formula is C22H27FN2O4S. The Bertz CT molecular complexity index is 891. The summed E-state index contributed by atoms with van der Waals surface area (Å²) < 4.78 is 18.4. The number of ether oxygens (including phenoxy) is 1. The number of carbonyl (C=O) groups excluding carboxylic acids is 2. The lowest BCUT2D eigenvalue weighted by molar-refractivity contribution is -0.160. The lowest BCUT2D eigenvalue weighted by Gasteiger charge is -2.22. The molecule has 0 unspecified atom stereocenters. The van der Waals surface area contributed by atoms with Crippen LogP contribution in [0.4, 0.5) is 4.39 Å². The number of halogens is 1. The minimum atomic E-state index is -0.654. The van der Waals surface area contributed by atoms with Crippen molar-refractivity contribution in [3.05, 3.63) is 51.7 Å². The molecule has 8 heteroatoms. The van der Waals surface area contributed by atoms with E-state index in [9.17, 15) is 19.1 Å². The first kappa shape index (κ1) is 22.4. The molecule has 1 fully saturated rings. The smallest absolute Gasteiger partial charge is 0.309 e. The summed E-state index contributed by atoms with van der Waals surface area (Å²) in [7, 11) is 0. The van der Waals surface area contributed by atoms with Gasteiger partial charge in [0, 0.05) is 18.9 Å².